The fourth-order valence-electron chi connectivity index (χ4n) is 1.78. The van der Waals surface area contributed by atoms with E-state index in [4.69, 9.17) is 39.5 Å². The Labute approximate surface area is 139 Å². The van der Waals surface area contributed by atoms with Gasteiger partial charge in [0.2, 0.25) is 0 Å². The van der Waals surface area contributed by atoms with Crippen LogP contribution in [0.2, 0.25) is 15.1 Å². The first-order chi connectivity index (χ1) is 9.45. The minimum absolute atomic E-state index is 0.0580. The molecule has 0 spiro atoms. The van der Waals surface area contributed by atoms with Crippen LogP contribution in [-0.4, -0.2) is 7.11 Å². The summed E-state index contributed by atoms with van der Waals surface area (Å²) in [4.78, 5) is -0.461. The Morgan fingerprint density at radius 1 is 1.05 bits per heavy atom. The highest BCUT2D eigenvalue weighted by atomic mass is 79.9. The molecule has 1 unspecified atom stereocenters. The van der Waals surface area contributed by atoms with Crippen molar-refractivity contribution in [3.05, 3.63) is 62.3 Å². The van der Waals surface area contributed by atoms with Crippen molar-refractivity contribution in [2.75, 3.05) is 7.11 Å². The van der Waals surface area contributed by atoms with Crippen LogP contribution in [0.5, 0.6) is 5.75 Å². The lowest BCUT2D eigenvalue weighted by atomic mass is 10.0. The molecule has 1 nitrogen and oxygen atoms in total. The van der Waals surface area contributed by atoms with Crippen molar-refractivity contribution in [1.29, 1.82) is 0 Å². The summed E-state index contributed by atoms with van der Waals surface area (Å²) in [5, 5.41) is 0.883. The Kier molecular flexibility index (Phi) is 5.19. The van der Waals surface area contributed by atoms with Gasteiger partial charge in [0.1, 0.15) is 11.6 Å². The van der Waals surface area contributed by atoms with Crippen LogP contribution in [-0.2, 0) is 0 Å². The summed E-state index contributed by atoms with van der Waals surface area (Å²) in [6.07, 6.45) is 0. The van der Waals surface area contributed by atoms with Gasteiger partial charge in [-0.15, -0.1) is 0 Å². The largest absolute Gasteiger partial charge is 0.495 e. The van der Waals surface area contributed by atoms with E-state index in [0.717, 1.165) is 0 Å². The van der Waals surface area contributed by atoms with Crippen molar-refractivity contribution in [2.24, 2.45) is 0 Å². The summed E-state index contributed by atoms with van der Waals surface area (Å²) >= 11 is 21.5. The van der Waals surface area contributed by atoms with E-state index in [9.17, 15) is 4.39 Å². The molecule has 0 fully saturated rings. The molecule has 0 saturated heterocycles. The molecule has 0 saturated carbocycles. The van der Waals surface area contributed by atoms with Gasteiger partial charge in [-0.2, -0.15) is 0 Å². The van der Waals surface area contributed by atoms with Crippen molar-refractivity contribution in [3.63, 3.8) is 0 Å². The molecule has 2 aromatic carbocycles. The van der Waals surface area contributed by atoms with Gasteiger partial charge in [0.15, 0.2) is 0 Å². The van der Waals surface area contributed by atoms with Gasteiger partial charge in [0.05, 0.1) is 22.0 Å². The van der Waals surface area contributed by atoms with Gasteiger partial charge in [-0.3, -0.25) is 0 Å². The topological polar surface area (TPSA) is 9.23 Å². The Morgan fingerprint density at radius 3 is 2.40 bits per heavy atom. The second-order valence-corrected chi connectivity index (χ2v) is 6.15. The van der Waals surface area contributed by atoms with E-state index in [-0.39, 0.29) is 5.02 Å². The number of hydrogen-bond donors (Lipinski definition) is 0. The molecule has 2 rings (SSSR count). The fraction of sp³-hybridized carbons (Fsp3) is 0.143. The predicted octanol–water partition coefficient (Wildman–Crippen LogP) is 6.28. The number of alkyl halides is 1. The van der Waals surface area contributed by atoms with E-state index in [1.165, 1.54) is 13.2 Å². The van der Waals surface area contributed by atoms with E-state index < -0.39 is 10.6 Å². The highest BCUT2D eigenvalue weighted by Gasteiger charge is 2.20. The lowest BCUT2D eigenvalue weighted by Gasteiger charge is -2.15. The highest BCUT2D eigenvalue weighted by molar-refractivity contribution is 9.09. The minimum Gasteiger partial charge on any atom is -0.495 e. The van der Waals surface area contributed by atoms with Crippen molar-refractivity contribution >= 4 is 50.7 Å². The standard InChI is InChI=1S/C14H9BrCl3FO/c1-20-12-6-10(17)8(5-11(12)18)13(15)7-3-2-4-9(16)14(7)19/h2-6,13H,1H3. The monoisotopic (exact) mass is 396 g/mol. The predicted molar refractivity (Wildman–Crippen MR) is 85.2 cm³/mol. The molecule has 1 atom stereocenters. The van der Waals surface area contributed by atoms with Crippen LogP contribution in [0.15, 0.2) is 30.3 Å². The zero-order valence-electron chi connectivity index (χ0n) is 10.3. The molecule has 2 aromatic rings. The van der Waals surface area contributed by atoms with Crippen molar-refractivity contribution < 1.29 is 9.13 Å². The second-order valence-electron chi connectivity index (χ2n) is 4.01. The molecule has 0 aliphatic carbocycles. The molecule has 0 radical (unpaired) electrons. The third-order valence-electron chi connectivity index (χ3n) is 2.80. The van der Waals surface area contributed by atoms with E-state index in [0.29, 0.717) is 26.9 Å². The van der Waals surface area contributed by atoms with Gasteiger partial charge in [-0.25, -0.2) is 4.39 Å². The highest BCUT2D eigenvalue weighted by Crippen LogP contribution is 2.41. The molecular weight excluding hydrogens is 389 g/mol. The molecule has 0 aliphatic rings. The lowest BCUT2D eigenvalue weighted by molar-refractivity contribution is 0.415. The van der Waals surface area contributed by atoms with Crippen LogP contribution in [0.25, 0.3) is 0 Å². The van der Waals surface area contributed by atoms with Gasteiger partial charge >= 0.3 is 0 Å². The smallest absolute Gasteiger partial charge is 0.146 e. The average Bonchev–Trinajstić information content (AvgIpc) is 2.43. The zero-order valence-corrected chi connectivity index (χ0v) is 14.1. The molecule has 0 amide bonds. The van der Waals surface area contributed by atoms with Crippen molar-refractivity contribution in [3.8, 4) is 5.75 Å². The van der Waals surface area contributed by atoms with Gasteiger partial charge in [-0.1, -0.05) is 62.9 Å². The van der Waals surface area contributed by atoms with Gasteiger partial charge in [0.25, 0.3) is 0 Å². The Balaban J connectivity index is 2.51. The van der Waals surface area contributed by atoms with E-state index in [1.54, 1.807) is 24.3 Å². The summed E-state index contributed by atoms with van der Waals surface area (Å²) in [7, 11) is 1.50. The molecular formula is C14H9BrCl3FO. The lowest BCUT2D eigenvalue weighted by Crippen LogP contribution is -1.99. The molecule has 20 heavy (non-hydrogen) atoms. The summed E-state index contributed by atoms with van der Waals surface area (Å²) in [5.74, 6) is -0.0225. The van der Waals surface area contributed by atoms with Crippen LogP contribution in [0, 0.1) is 5.82 Å². The molecule has 0 aromatic heterocycles. The summed E-state index contributed by atoms with van der Waals surface area (Å²) in [6.45, 7) is 0. The molecule has 0 aliphatic heterocycles. The average molecular weight is 398 g/mol. The maximum atomic E-state index is 14.1. The summed E-state index contributed by atoms with van der Waals surface area (Å²) in [5.41, 5.74) is 1.03. The number of halogens is 5. The fourth-order valence-corrected chi connectivity index (χ4v) is 3.34. The quantitative estimate of drug-likeness (QED) is 0.553. The third-order valence-corrected chi connectivity index (χ3v) is 4.70. The first-order valence-corrected chi connectivity index (χ1v) is 7.61. The summed E-state index contributed by atoms with van der Waals surface area (Å²) < 4.78 is 19.1. The first kappa shape index (κ1) is 15.9. The van der Waals surface area contributed by atoms with Crippen LogP contribution in [0.4, 0.5) is 4.39 Å². The van der Waals surface area contributed by atoms with Crippen LogP contribution < -0.4 is 4.74 Å². The number of ether oxygens (including phenoxy) is 1. The first-order valence-electron chi connectivity index (χ1n) is 5.56. The third kappa shape index (κ3) is 3.06. The number of hydrogen-bond acceptors (Lipinski definition) is 1. The summed E-state index contributed by atoms with van der Waals surface area (Å²) in [6, 6.07) is 8.03. The number of methoxy groups -OCH3 is 1. The number of benzene rings is 2. The Morgan fingerprint density at radius 2 is 1.75 bits per heavy atom. The number of rotatable bonds is 3. The minimum atomic E-state index is -0.487. The van der Waals surface area contributed by atoms with Gasteiger partial charge < -0.3 is 4.74 Å². The molecule has 0 heterocycles. The molecule has 0 bridgehead atoms. The van der Waals surface area contributed by atoms with E-state index in [1.807, 2.05) is 0 Å². The normalized spacial score (nSPS) is 12.3. The van der Waals surface area contributed by atoms with Crippen LogP contribution >= 0.6 is 50.7 Å². The second kappa shape index (κ2) is 6.52. The van der Waals surface area contributed by atoms with Gasteiger partial charge in [-0.05, 0) is 17.7 Å². The van der Waals surface area contributed by atoms with E-state index >= 15 is 0 Å². The van der Waals surface area contributed by atoms with Crippen molar-refractivity contribution in [1.82, 2.24) is 0 Å². The maximum absolute atomic E-state index is 14.1. The van der Waals surface area contributed by atoms with E-state index in [2.05, 4.69) is 15.9 Å². The molecule has 6 heteroatoms. The van der Waals surface area contributed by atoms with Gasteiger partial charge in [0, 0.05) is 16.7 Å². The maximum Gasteiger partial charge on any atom is 0.146 e. The SMILES string of the molecule is COc1cc(Cl)c(C(Br)c2cccc(Cl)c2F)cc1Cl. The zero-order chi connectivity index (χ0) is 14.9. The van der Waals surface area contributed by atoms with Crippen LogP contribution in [0.1, 0.15) is 16.0 Å². The Bertz CT molecular complexity index is 649. The van der Waals surface area contributed by atoms with Crippen LogP contribution in [0.3, 0.4) is 0 Å². The molecule has 0 N–H and O–H groups in total. The Hall–Kier alpha value is -0.480. The molecule has 106 valence electrons. The van der Waals surface area contributed by atoms with Crippen molar-refractivity contribution in [2.45, 2.75) is 4.83 Å².